The van der Waals surface area contributed by atoms with E-state index in [0.29, 0.717) is 12.1 Å². The summed E-state index contributed by atoms with van der Waals surface area (Å²) >= 11 is 5.75. The molecule has 1 amide bonds. The lowest BCUT2D eigenvalue weighted by atomic mass is 9.97. The van der Waals surface area contributed by atoms with Crippen LogP contribution in [0.5, 0.6) is 11.5 Å². The minimum Gasteiger partial charge on any atom is -0.504 e. The summed E-state index contributed by atoms with van der Waals surface area (Å²) in [5.74, 6) is -1.22. The van der Waals surface area contributed by atoms with E-state index in [9.17, 15) is 36.2 Å². The van der Waals surface area contributed by atoms with Gasteiger partial charge in [-0.05, 0) is 47.5 Å². The Morgan fingerprint density at radius 2 is 1.55 bits per heavy atom. The number of nitrogens with one attached hydrogen (secondary N) is 1. The number of phenolic OH excluding ortho intramolecular Hbond substituents is 1. The largest absolute Gasteiger partial charge is 0.504 e. The number of phenols is 1. The van der Waals surface area contributed by atoms with Gasteiger partial charge in [0.2, 0.25) is 0 Å². The van der Waals surface area contributed by atoms with Crippen molar-refractivity contribution < 1.29 is 41.0 Å². The van der Waals surface area contributed by atoms with Gasteiger partial charge in [0.05, 0.1) is 23.1 Å². The third-order valence-corrected chi connectivity index (χ3v) is 5.34. The molecule has 164 valence electrons. The predicted molar refractivity (Wildman–Crippen MR) is 106 cm³/mol. The van der Waals surface area contributed by atoms with Crippen molar-refractivity contribution in [3.8, 4) is 22.6 Å². The molecule has 1 saturated heterocycles. The molecule has 31 heavy (non-hydrogen) atoms. The molecule has 4 nitrogen and oxygen atoms in total. The van der Waals surface area contributed by atoms with E-state index in [-0.39, 0.29) is 32.2 Å². The number of hydrogen-bond donors (Lipinski definition) is 2. The van der Waals surface area contributed by atoms with E-state index in [1.165, 1.54) is 6.08 Å². The van der Waals surface area contributed by atoms with Gasteiger partial charge in [0.15, 0.2) is 11.5 Å². The SMILES string of the molecule is COc1cc(-c2cc(C(F)(F)F)cc(C(F)(F)F)c2)cc(/C=C2\SC(=S)NC2=O)c1O. The van der Waals surface area contributed by atoms with Gasteiger partial charge in [-0.1, -0.05) is 24.0 Å². The van der Waals surface area contributed by atoms with Crippen LogP contribution in [0.3, 0.4) is 0 Å². The Balaban J connectivity index is 2.22. The third kappa shape index (κ3) is 4.96. The average molecular weight is 479 g/mol. The maximum atomic E-state index is 13.2. The van der Waals surface area contributed by atoms with Gasteiger partial charge < -0.3 is 15.2 Å². The van der Waals surface area contributed by atoms with Gasteiger partial charge in [0.1, 0.15) is 4.32 Å². The van der Waals surface area contributed by atoms with Crippen molar-refractivity contribution in [3.05, 3.63) is 51.9 Å². The summed E-state index contributed by atoms with van der Waals surface area (Å²) in [4.78, 5) is 12.0. The van der Waals surface area contributed by atoms with Gasteiger partial charge in [-0.25, -0.2) is 0 Å². The maximum absolute atomic E-state index is 13.2. The highest BCUT2D eigenvalue weighted by Gasteiger charge is 2.37. The molecule has 1 aliphatic rings. The molecule has 3 rings (SSSR count). The molecule has 2 N–H and O–H groups in total. The number of carbonyl (C=O) groups excluding carboxylic acids is 1. The summed E-state index contributed by atoms with van der Waals surface area (Å²) in [5.41, 5.74) is -3.52. The van der Waals surface area contributed by atoms with Crippen molar-refractivity contribution in [2.75, 3.05) is 7.11 Å². The van der Waals surface area contributed by atoms with E-state index >= 15 is 0 Å². The fraction of sp³-hybridized carbons (Fsp3) is 0.158. The van der Waals surface area contributed by atoms with E-state index in [2.05, 4.69) is 5.32 Å². The number of hydrogen-bond acceptors (Lipinski definition) is 5. The molecule has 2 aromatic carbocycles. The van der Waals surface area contributed by atoms with Crippen molar-refractivity contribution >= 4 is 40.3 Å². The molecular formula is C19H11F6NO3S2. The number of halogens is 6. The molecule has 0 bridgehead atoms. The molecule has 2 aromatic rings. The van der Waals surface area contributed by atoms with Gasteiger partial charge in [0.25, 0.3) is 5.91 Å². The molecule has 1 aliphatic heterocycles. The van der Waals surface area contributed by atoms with E-state index in [1.807, 2.05) is 0 Å². The smallest absolute Gasteiger partial charge is 0.416 e. The first-order chi connectivity index (χ1) is 14.3. The Morgan fingerprint density at radius 1 is 1.00 bits per heavy atom. The summed E-state index contributed by atoms with van der Waals surface area (Å²) in [7, 11) is 1.16. The first-order valence-electron chi connectivity index (χ1n) is 8.25. The van der Waals surface area contributed by atoms with Crippen molar-refractivity contribution in [1.82, 2.24) is 5.32 Å². The van der Waals surface area contributed by atoms with Crippen LogP contribution < -0.4 is 10.1 Å². The number of thiocarbonyl (C=S) groups is 1. The fourth-order valence-electron chi connectivity index (χ4n) is 2.75. The number of methoxy groups -OCH3 is 1. The second kappa shape index (κ2) is 8.08. The lowest BCUT2D eigenvalue weighted by Crippen LogP contribution is -2.17. The molecule has 0 spiro atoms. The van der Waals surface area contributed by atoms with Gasteiger partial charge in [-0.2, -0.15) is 26.3 Å². The first kappa shape index (κ1) is 22.9. The number of aromatic hydroxyl groups is 1. The van der Waals surface area contributed by atoms with Crippen LogP contribution in [0.4, 0.5) is 26.3 Å². The Morgan fingerprint density at radius 3 is 2.00 bits per heavy atom. The normalized spacial score (nSPS) is 16.0. The second-order valence-electron chi connectivity index (χ2n) is 6.26. The molecule has 0 radical (unpaired) electrons. The summed E-state index contributed by atoms with van der Waals surface area (Å²) in [6.07, 6.45) is -8.83. The van der Waals surface area contributed by atoms with E-state index in [0.717, 1.165) is 31.0 Å². The minimum atomic E-state index is -5.02. The molecule has 0 saturated carbocycles. The van der Waals surface area contributed by atoms with Crippen molar-refractivity contribution in [1.29, 1.82) is 0 Å². The number of alkyl halides is 6. The molecule has 1 heterocycles. The van der Waals surface area contributed by atoms with E-state index < -0.39 is 40.7 Å². The summed E-state index contributed by atoms with van der Waals surface area (Å²) < 4.78 is 84.3. The zero-order valence-electron chi connectivity index (χ0n) is 15.3. The molecule has 12 heteroatoms. The summed E-state index contributed by atoms with van der Waals surface area (Å²) in [5, 5.41) is 12.7. The Kier molecular flexibility index (Phi) is 5.98. The Hall–Kier alpha value is -2.73. The molecule has 0 aromatic heterocycles. The van der Waals surface area contributed by atoms with E-state index in [4.69, 9.17) is 17.0 Å². The van der Waals surface area contributed by atoms with Crippen LogP contribution in [0.15, 0.2) is 35.2 Å². The molecule has 0 unspecified atom stereocenters. The van der Waals surface area contributed by atoms with Crippen molar-refractivity contribution in [2.24, 2.45) is 0 Å². The number of rotatable bonds is 3. The molecule has 0 aliphatic carbocycles. The zero-order chi connectivity index (χ0) is 23.1. The summed E-state index contributed by atoms with van der Waals surface area (Å²) in [6.45, 7) is 0. The highest BCUT2D eigenvalue weighted by Crippen LogP contribution is 2.42. The topological polar surface area (TPSA) is 58.6 Å². The lowest BCUT2D eigenvalue weighted by Gasteiger charge is -2.16. The number of ether oxygens (including phenoxy) is 1. The van der Waals surface area contributed by atoms with E-state index in [1.54, 1.807) is 0 Å². The molecule has 1 fully saturated rings. The van der Waals surface area contributed by atoms with Crippen molar-refractivity contribution in [3.63, 3.8) is 0 Å². The minimum absolute atomic E-state index is 0.0183. The monoisotopic (exact) mass is 479 g/mol. The number of benzene rings is 2. The standard InChI is InChI=1S/C19H11F6NO3S2/c1-29-13-5-8(2-10(15(13)27)6-14-16(28)26-17(30)31-14)9-3-11(18(20,21)22)7-12(4-9)19(23,24)25/h2-7,27H,1H3,(H,26,28,30)/b14-6-. The van der Waals surface area contributed by atoms with Crippen LogP contribution in [-0.2, 0) is 17.1 Å². The number of amides is 1. The van der Waals surface area contributed by atoms with Crippen LogP contribution in [-0.4, -0.2) is 22.4 Å². The summed E-state index contributed by atoms with van der Waals surface area (Å²) in [6, 6.07) is 3.38. The van der Waals surface area contributed by atoms with Gasteiger partial charge in [0, 0.05) is 5.56 Å². The van der Waals surface area contributed by atoms with Gasteiger partial charge in [-0.15, -0.1) is 0 Å². The predicted octanol–water partition coefficient (Wildman–Crippen LogP) is 5.59. The van der Waals surface area contributed by atoms with Crippen LogP contribution in [0.2, 0.25) is 0 Å². The van der Waals surface area contributed by atoms with Crippen LogP contribution in [0, 0.1) is 0 Å². The van der Waals surface area contributed by atoms with Crippen LogP contribution in [0.25, 0.3) is 17.2 Å². The zero-order valence-corrected chi connectivity index (χ0v) is 16.9. The quantitative estimate of drug-likeness (QED) is 0.341. The Bertz CT molecular complexity index is 1080. The first-order valence-corrected chi connectivity index (χ1v) is 9.48. The lowest BCUT2D eigenvalue weighted by molar-refractivity contribution is -0.143. The Labute approximate surface area is 180 Å². The third-order valence-electron chi connectivity index (χ3n) is 4.17. The van der Waals surface area contributed by atoms with Crippen LogP contribution >= 0.6 is 24.0 Å². The van der Waals surface area contributed by atoms with Crippen molar-refractivity contribution in [2.45, 2.75) is 12.4 Å². The molecular weight excluding hydrogens is 468 g/mol. The average Bonchev–Trinajstić information content (AvgIpc) is 2.98. The number of thioether (sulfide) groups is 1. The molecule has 0 atom stereocenters. The second-order valence-corrected chi connectivity index (χ2v) is 7.98. The van der Waals surface area contributed by atoms with Crippen LogP contribution in [0.1, 0.15) is 16.7 Å². The van der Waals surface area contributed by atoms with Gasteiger partial charge in [-0.3, -0.25) is 4.79 Å². The maximum Gasteiger partial charge on any atom is 0.416 e. The van der Waals surface area contributed by atoms with Gasteiger partial charge >= 0.3 is 12.4 Å². The highest BCUT2D eigenvalue weighted by atomic mass is 32.2. The fourth-order valence-corrected chi connectivity index (χ4v) is 3.78. The highest BCUT2D eigenvalue weighted by molar-refractivity contribution is 8.26. The number of carbonyl (C=O) groups is 1.